The molecule has 262 valence electrons. The summed E-state index contributed by atoms with van der Waals surface area (Å²) in [5.41, 5.74) is 1.93. The van der Waals surface area contributed by atoms with Gasteiger partial charge in [-0.3, -0.25) is 34.3 Å². The van der Waals surface area contributed by atoms with Gasteiger partial charge in [0.25, 0.3) is 11.8 Å². The Labute approximate surface area is 291 Å². The van der Waals surface area contributed by atoms with Crippen molar-refractivity contribution in [1.29, 1.82) is 0 Å². The highest BCUT2D eigenvalue weighted by Gasteiger charge is 2.46. The van der Waals surface area contributed by atoms with Crippen LogP contribution in [0.4, 0.5) is 27.5 Å². The fourth-order valence-corrected chi connectivity index (χ4v) is 7.47. The van der Waals surface area contributed by atoms with E-state index in [1.807, 2.05) is 11.0 Å². The molecule has 14 nitrogen and oxygen atoms in total. The summed E-state index contributed by atoms with van der Waals surface area (Å²) in [6.45, 7) is 5.38. The Morgan fingerprint density at radius 2 is 1.76 bits per heavy atom. The summed E-state index contributed by atoms with van der Waals surface area (Å²) < 4.78 is 19.9. The molecule has 0 spiro atoms. The Morgan fingerprint density at radius 3 is 2.59 bits per heavy atom. The first-order chi connectivity index (χ1) is 24.7. The number of amides is 4. The molecule has 2 aromatic heterocycles. The number of fused-ring (bicyclic) bond motifs is 2. The zero-order valence-electron chi connectivity index (χ0n) is 27.6. The number of carbonyl (C=O) groups excluding carboxylic acids is 4. The first-order valence-electron chi connectivity index (χ1n) is 17.1. The predicted molar refractivity (Wildman–Crippen MR) is 184 cm³/mol. The van der Waals surface area contributed by atoms with Gasteiger partial charge in [0, 0.05) is 62.8 Å². The highest BCUT2D eigenvalue weighted by molar-refractivity contribution is 6.25. The van der Waals surface area contributed by atoms with Gasteiger partial charge in [-0.1, -0.05) is 6.07 Å². The minimum atomic E-state index is -0.994. The largest absolute Gasteiger partial charge is 0.423 e. The lowest BCUT2D eigenvalue weighted by molar-refractivity contribution is -0.136. The highest BCUT2D eigenvalue weighted by atomic mass is 19.1. The lowest BCUT2D eigenvalue weighted by Crippen LogP contribution is -2.54. The average Bonchev–Trinajstić information content (AvgIpc) is 3.71. The van der Waals surface area contributed by atoms with E-state index in [0.717, 1.165) is 50.5 Å². The summed E-state index contributed by atoms with van der Waals surface area (Å²) >= 11 is 0. The van der Waals surface area contributed by atoms with E-state index in [9.17, 15) is 28.4 Å². The zero-order chi connectivity index (χ0) is 35.2. The SMILES string of the molecule is O=C1CCC(N2C(=O)c3cccc(N4CCC(CCN5CCN(c6ncc(F)c(Nc7ccc8oc(=O)ccc8c7)n6)CC5)C4)c3C2=O)C(=O)N1. The van der Waals surface area contributed by atoms with Crippen molar-refractivity contribution in [2.24, 2.45) is 5.92 Å². The predicted octanol–water partition coefficient (Wildman–Crippen LogP) is 2.91. The molecule has 0 bridgehead atoms. The van der Waals surface area contributed by atoms with E-state index in [1.165, 1.54) is 12.3 Å². The number of halogens is 1. The second kappa shape index (κ2) is 13.2. The van der Waals surface area contributed by atoms with Crippen molar-refractivity contribution in [1.82, 2.24) is 25.1 Å². The minimum Gasteiger partial charge on any atom is -0.423 e. The van der Waals surface area contributed by atoms with Crippen LogP contribution in [0, 0.1) is 11.7 Å². The fourth-order valence-electron chi connectivity index (χ4n) is 7.47. The molecule has 51 heavy (non-hydrogen) atoms. The molecule has 6 heterocycles. The number of nitrogens with zero attached hydrogens (tertiary/aromatic N) is 6. The number of benzene rings is 2. The number of piperidine rings is 1. The third-order valence-electron chi connectivity index (χ3n) is 10.2. The molecule has 0 saturated carbocycles. The van der Waals surface area contributed by atoms with Crippen LogP contribution in [0.1, 0.15) is 46.4 Å². The molecular formula is C36H35FN8O6. The van der Waals surface area contributed by atoms with Gasteiger partial charge in [-0.25, -0.2) is 14.2 Å². The smallest absolute Gasteiger partial charge is 0.336 e. The van der Waals surface area contributed by atoms with Gasteiger partial charge in [0.15, 0.2) is 11.6 Å². The molecule has 2 atom stereocenters. The highest BCUT2D eigenvalue weighted by Crippen LogP contribution is 2.37. The number of piperazine rings is 1. The van der Waals surface area contributed by atoms with E-state index in [-0.39, 0.29) is 18.7 Å². The van der Waals surface area contributed by atoms with Crippen molar-refractivity contribution in [3.8, 4) is 0 Å². The van der Waals surface area contributed by atoms with Crippen LogP contribution in [-0.4, -0.2) is 95.3 Å². The Kier molecular flexibility index (Phi) is 8.42. The maximum atomic E-state index is 14.7. The van der Waals surface area contributed by atoms with Crippen LogP contribution in [-0.2, 0) is 9.59 Å². The van der Waals surface area contributed by atoms with Crippen LogP contribution in [0.2, 0.25) is 0 Å². The molecule has 8 rings (SSSR count). The first kappa shape index (κ1) is 32.5. The molecule has 2 unspecified atom stereocenters. The van der Waals surface area contributed by atoms with Crippen molar-refractivity contribution in [3.63, 3.8) is 0 Å². The number of imide groups is 2. The lowest BCUT2D eigenvalue weighted by Gasteiger charge is -2.35. The van der Waals surface area contributed by atoms with Crippen molar-refractivity contribution in [3.05, 3.63) is 82.1 Å². The Morgan fingerprint density at radius 1 is 0.922 bits per heavy atom. The molecular weight excluding hydrogens is 659 g/mol. The van der Waals surface area contributed by atoms with Crippen LogP contribution in [0.5, 0.6) is 0 Å². The van der Waals surface area contributed by atoms with Crippen molar-refractivity contribution < 1.29 is 28.0 Å². The monoisotopic (exact) mass is 694 g/mol. The zero-order valence-corrected chi connectivity index (χ0v) is 27.6. The van der Waals surface area contributed by atoms with E-state index in [0.29, 0.717) is 58.4 Å². The van der Waals surface area contributed by atoms with Gasteiger partial charge < -0.3 is 19.5 Å². The van der Waals surface area contributed by atoms with E-state index in [1.54, 1.807) is 36.4 Å². The van der Waals surface area contributed by atoms with Gasteiger partial charge in [0.05, 0.1) is 23.0 Å². The van der Waals surface area contributed by atoms with E-state index in [2.05, 4.69) is 30.4 Å². The second-order valence-corrected chi connectivity index (χ2v) is 13.4. The number of anilines is 4. The summed E-state index contributed by atoms with van der Waals surface area (Å²) in [5.74, 6) is -1.68. The number of aromatic nitrogens is 2. The second-order valence-electron chi connectivity index (χ2n) is 13.4. The standard InChI is InChI=1S/C36H35FN8O6/c37-25-19-38-36(41-32(25)39-23-5-7-28-22(18-23)4-9-30(47)51-28)43-16-14-42(15-17-43)12-10-21-11-13-44(20-21)26-3-1-2-24-31(26)35(50)45(34(24)49)27-6-8-29(46)40-33(27)48/h1-5,7,9,18-19,21,27H,6,8,10-17,20H2,(H,38,39,41)(H,40,46,48). The topological polar surface area (TPSA) is 161 Å². The summed E-state index contributed by atoms with van der Waals surface area (Å²) in [7, 11) is 0. The molecule has 4 amide bonds. The molecule has 15 heteroatoms. The molecule has 2 aromatic carbocycles. The average molecular weight is 695 g/mol. The quantitative estimate of drug-likeness (QED) is 0.205. The van der Waals surface area contributed by atoms with Gasteiger partial charge in [-0.2, -0.15) is 4.98 Å². The number of carbonyl (C=O) groups is 4. The molecule has 0 aliphatic carbocycles. The lowest BCUT2D eigenvalue weighted by atomic mass is 10.0. The molecule has 0 radical (unpaired) electrons. The Hall–Kier alpha value is -5.70. The van der Waals surface area contributed by atoms with Gasteiger partial charge in [0.2, 0.25) is 17.8 Å². The van der Waals surface area contributed by atoms with Gasteiger partial charge >= 0.3 is 5.63 Å². The maximum Gasteiger partial charge on any atom is 0.336 e. The van der Waals surface area contributed by atoms with Crippen LogP contribution < -0.4 is 26.1 Å². The van der Waals surface area contributed by atoms with Crippen LogP contribution in [0.3, 0.4) is 0 Å². The Balaban J connectivity index is 0.852. The first-order valence-corrected chi connectivity index (χ1v) is 17.1. The summed E-state index contributed by atoms with van der Waals surface area (Å²) in [4.78, 5) is 78.9. The van der Waals surface area contributed by atoms with E-state index < -0.39 is 41.1 Å². The molecule has 3 fully saturated rings. The van der Waals surface area contributed by atoms with Crippen LogP contribution >= 0.6 is 0 Å². The van der Waals surface area contributed by atoms with Crippen molar-refractivity contribution in [2.45, 2.75) is 31.7 Å². The number of hydrogen-bond donors (Lipinski definition) is 2. The molecule has 3 saturated heterocycles. The minimum absolute atomic E-state index is 0.0590. The van der Waals surface area contributed by atoms with E-state index >= 15 is 0 Å². The maximum absolute atomic E-state index is 14.7. The molecule has 2 N–H and O–H groups in total. The molecule has 4 aromatic rings. The molecule has 4 aliphatic rings. The summed E-state index contributed by atoms with van der Waals surface area (Å²) in [5, 5.41) is 5.97. The van der Waals surface area contributed by atoms with Crippen molar-refractivity contribution in [2.75, 3.05) is 60.9 Å². The van der Waals surface area contributed by atoms with Gasteiger partial charge in [-0.15, -0.1) is 0 Å². The summed E-state index contributed by atoms with van der Waals surface area (Å²) in [6.07, 6.45) is 3.29. The van der Waals surface area contributed by atoms with Crippen LogP contribution in [0.25, 0.3) is 11.0 Å². The molecule has 4 aliphatic heterocycles. The number of hydrogen-bond acceptors (Lipinski definition) is 12. The third-order valence-corrected chi connectivity index (χ3v) is 10.2. The number of nitrogens with one attached hydrogen (secondary N) is 2. The third kappa shape index (κ3) is 6.29. The summed E-state index contributed by atoms with van der Waals surface area (Å²) in [6, 6.07) is 12.3. The Bertz CT molecular complexity index is 2130. The normalized spacial score (nSPS) is 21.1. The van der Waals surface area contributed by atoms with Crippen molar-refractivity contribution >= 4 is 57.7 Å². The van der Waals surface area contributed by atoms with Gasteiger partial charge in [-0.05, 0) is 68.1 Å². The number of rotatable bonds is 8. The van der Waals surface area contributed by atoms with Gasteiger partial charge in [0.1, 0.15) is 11.6 Å². The van der Waals surface area contributed by atoms with Crippen LogP contribution in [0.15, 0.2) is 63.9 Å². The van der Waals surface area contributed by atoms with E-state index in [4.69, 9.17) is 4.42 Å². The fraction of sp³-hybridized carbons (Fsp3) is 0.361.